The van der Waals surface area contributed by atoms with Crippen LogP contribution in [0.5, 0.6) is 0 Å². The highest BCUT2D eigenvalue weighted by Crippen LogP contribution is 2.03. The van der Waals surface area contributed by atoms with Gasteiger partial charge in [0.15, 0.2) is 5.96 Å². The van der Waals surface area contributed by atoms with E-state index in [1.165, 1.54) is 0 Å². The molecule has 13 heavy (non-hydrogen) atoms. The second kappa shape index (κ2) is 3.74. The number of amides is 1. The van der Waals surface area contributed by atoms with Crippen LogP contribution in [0.2, 0.25) is 0 Å². The summed E-state index contributed by atoms with van der Waals surface area (Å²) in [4.78, 5) is 18.2. The van der Waals surface area contributed by atoms with Crippen LogP contribution in [0.25, 0.3) is 0 Å². The maximum Gasteiger partial charge on any atom is 0.222 e. The second-order valence-corrected chi connectivity index (χ2v) is 2.69. The molecule has 1 atom stereocenters. The number of nitrogens with one attached hydrogen (secondary N) is 1. The monoisotopic (exact) mass is 184 g/mol. The molecule has 0 bridgehead atoms. The molecule has 1 aliphatic heterocycles. The molecule has 7 N–H and O–H groups in total. The van der Waals surface area contributed by atoms with Gasteiger partial charge in [0.1, 0.15) is 0 Å². The Bertz CT molecular complexity index is 266. The van der Waals surface area contributed by atoms with Crippen LogP contribution in [0.3, 0.4) is 0 Å². The van der Waals surface area contributed by atoms with Gasteiger partial charge in [-0.1, -0.05) is 0 Å². The summed E-state index contributed by atoms with van der Waals surface area (Å²) in [6, 6.07) is -0.157. The van der Waals surface area contributed by atoms with E-state index < -0.39 is 0 Å². The van der Waals surface area contributed by atoms with E-state index >= 15 is 0 Å². The molecule has 1 saturated heterocycles. The van der Waals surface area contributed by atoms with Crippen molar-refractivity contribution in [3.05, 3.63) is 0 Å². The standard InChI is InChI=1S/C6H12N6O/c7-5(8)12-6(9)11-3-1-4(13)10-2-3/h3H,1-2H2,(H,10,13)(H6,7,8,9,11,12). The normalized spacial score (nSPS) is 22.6. The topological polar surface area (TPSA) is 132 Å². The van der Waals surface area contributed by atoms with Crippen LogP contribution in [-0.2, 0) is 4.79 Å². The number of hydrogen-bond donors (Lipinski definition) is 4. The van der Waals surface area contributed by atoms with Crippen molar-refractivity contribution in [3.63, 3.8) is 0 Å². The van der Waals surface area contributed by atoms with Crippen molar-refractivity contribution in [2.24, 2.45) is 27.2 Å². The van der Waals surface area contributed by atoms with Crippen molar-refractivity contribution in [2.75, 3.05) is 6.54 Å². The summed E-state index contributed by atoms with van der Waals surface area (Å²) in [6.07, 6.45) is 0.334. The van der Waals surface area contributed by atoms with Gasteiger partial charge >= 0.3 is 0 Å². The van der Waals surface area contributed by atoms with Crippen LogP contribution >= 0.6 is 0 Å². The first-order valence-corrected chi connectivity index (χ1v) is 3.77. The molecule has 1 fully saturated rings. The molecule has 0 saturated carbocycles. The highest BCUT2D eigenvalue weighted by molar-refractivity contribution is 5.92. The largest absolute Gasteiger partial charge is 0.370 e. The van der Waals surface area contributed by atoms with Gasteiger partial charge in [0, 0.05) is 6.54 Å². The molecule has 0 aromatic heterocycles. The van der Waals surface area contributed by atoms with Gasteiger partial charge < -0.3 is 22.5 Å². The van der Waals surface area contributed by atoms with Gasteiger partial charge in [-0.15, -0.1) is 0 Å². The number of carbonyl (C=O) groups excluding carboxylic acids is 1. The number of carbonyl (C=O) groups is 1. The van der Waals surface area contributed by atoms with E-state index in [1.54, 1.807) is 0 Å². The zero-order valence-electron chi connectivity index (χ0n) is 7.03. The van der Waals surface area contributed by atoms with Crippen molar-refractivity contribution < 1.29 is 4.79 Å². The Morgan fingerprint density at radius 3 is 2.62 bits per heavy atom. The van der Waals surface area contributed by atoms with Crippen molar-refractivity contribution in [2.45, 2.75) is 12.5 Å². The Kier molecular flexibility index (Phi) is 2.68. The molecule has 72 valence electrons. The average molecular weight is 184 g/mol. The minimum Gasteiger partial charge on any atom is -0.370 e. The lowest BCUT2D eigenvalue weighted by Gasteiger charge is -1.99. The molecule has 1 aliphatic rings. The molecule has 1 rings (SSSR count). The number of nitrogens with zero attached hydrogens (tertiary/aromatic N) is 2. The van der Waals surface area contributed by atoms with E-state index in [0.717, 1.165) is 0 Å². The Hall–Kier alpha value is -1.79. The van der Waals surface area contributed by atoms with Crippen molar-refractivity contribution >= 4 is 17.8 Å². The highest BCUT2D eigenvalue weighted by atomic mass is 16.1. The first kappa shape index (κ1) is 9.30. The summed E-state index contributed by atoms with van der Waals surface area (Å²) in [6.45, 7) is 0.486. The maximum atomic E-state index is 10.8. The molecule has 7 nitrogen and oxygen atoms in total. The van der Waals surface area contributed by atoms with Crippen molar-refractivity contribution in [3.8, 4) is 0 Å². The third kappa shape index (κ3) is 2.97. The summed E-state index contributed by atoms with van der Waals surface area (Å²) in [5, 5.41) is 2.62. The molecule has 0 aliphatic carbocycles. The van der Waals surface area contributed by atoms with Gasteiger partial charge in [-0.2, -0.15) is 4.99 Å². The van der Waals surface area contributed by atoms with E-state index in [1.807, 2.05) is 0 Å². The molecule has 0 spiro atoms. The van der Waals surface area contributed by atoms with Crippen molar-refractivity contribution in [1.29, 1.82) is 0 Å². The number of nitrogens with two attached hydrogens (primary N) is 3. The van der Waals surface area contributed by atoms with Crippen LogP contribution < -0.4 is 22.5 Å². The minimum atomic E-state index is -0.157. The summed E-state index contributed by atoms with van der Waals surface area (Å²) in [5.41, 5.74) is 15.5. The summed E-state index contributed by atoms with van der Waals surface area (Å²) in [7, 11) is 0. The predicted octanol–water partition coefficient (Wildman–Crippen LogP) is -2.54. The molecule has 1 heterocycles. The molecule has 1 unspecified atom stereocenters. The third-order valence-corrected chi connectivity index (χ3v) is 1.51. The fraction of sp³-hybridized carbons (Fsp3) is 0.500. The maximum absolute atomic E-state index is 10.8. The quantitative estimate of drug-likeness (QED) is 0.264. The molecule has 7 heteroatoms. The third-order valence-electron chi connectivity index (χ3n) is 1.51. The van der Waals surface area contributed by atoms with E-state index in [4.69, 9.17) is 17.2 Å². The highest BCUT2D eigenvalue weighted by Gasteiger charge is 2.20. The lowest BCUT2D eigenvalue weighted by Crippen LogP contribution is -2.27. The Balaban J connectivity index is 2.55. The molecule has 1 amide bonds. The van der Waals surface area contributed by atoms with E-state index in [-0.39, 0.29) is 23.9 Å². The van der Waals surface area contributed by atoms with E-state index in [9.17, 15) is 4.79 Å². The van der Waals surface area contributed by atoms with Crippen LogP contribution in [0.1, 0.15) is 6.42 Å². The lowest BCUT2D eigenvalue weighted by molar-refractivity contribution is -0.119. The van der Waals surface area contributed by atoms with Crippen LogP contribution in [-0.4, -0.2) is 30.4 Å². The molecular weight excluding hydrogens is 172 g/mol. The van der Waals surface area contributed by atoms with Gasteiger partial charge in [-0.25, -0.2) is 4.99 Å². The van der Waals surface area contributed by atoms with Gasteiger partial charge in [0.05, 0.1) is 12.5 Å². The smallest absolute Gasteiger partial charge is 0.222 e. The first-order chi connectivity index (χ1) is 6.08. The Labute approximate surface area is 75.1 Å². The molecule has 0 radical (unpaired) electrons. The number of hydrogen-bond acceptors (Lipinski definition) is 2. The average Bonchev–Trinajstić information content (AvgIpc) is 2.33. The zero-order chi connectivity index (χ0) is 9.84. The van der Waals surface area contributed by atoms with Gasteiger partial charge in [-0.3, -0.25) is 4.79 Å². The lowest BCUT2D eigenvalue weighted by atomic mass is 10.3. The van der Waals surface area contributed by atoms with E-state index in [2.05, 4.69) is 15.3 Å². The van der Waals surface area contributed by atoms with E-state index in [0.29, 0.717) is 13.0 Å². The number of aliphatic imine (C=N–C) groups is 2. The fourth-order valence-electron chi connectivity index (χ4n) is 1.03. The number of rotatable bonds is 1. The fourth-order valence-corrected chi connectivity index (χ4v) is 1.03. The van der Waals surface area contributed by atoms with Crippen LogP contribution in [0.15, 0.2) is 9.98 Å². The Morgan fingerprint density at radius 2 is 2.15 bits per heavy atom. The molecular formula is C6H12N6O. The van der Waals surface area contributed by atoms with Crippen LogP contribution in [0.4, 0.5) is 0 Å². The zero-order valence-corrected chi connectivity index (χ0v) is 7.03. The minimum absolute atomic E-state index is 0.00139. The second-order valence-electron chi connectivity index (χ2n) is 2.69. The van der Waals surface area contributed by atoms with Crippen molar-refractivity contribution in [1.82, 2.24) is 5.32 Å². The summed E-state index contributed by atoms with van der Waals surface area (Å²) in [5.74, 6) is -0.175. The summed E-state index contributed by atoms with van der Waals surface area (Å²) >= 11 is 0. The van der Waals surface area contributed by atoms with Gasteiger partial charge in [-0.05, 0) is 0 Å². The number of guanidine groups is 2. The summed E-state index contributed by atoms with van der Waals surface area (Å²) < 4.78 is 0. The van der Waals surface area contributed by atoms with Gasteiger partial charge in [0.2, 0.25) is 11.9 Å². The molecule has 0 aromatic rings. The first-order valence-electron chi connectivity index (χ1n) is 3.77. The molecule has 0 aromatic carbocycles. The SMILES string of the molecule is NC(N)=NC(N)=NC1CNC(=O)C1. The predicted molar refractivity (Wildman–Crippen MR) is 48.8 cm³/mol. The van der Waals surface area contributed by atoms with Crippen LogP contribution in [0, 0.1) is 0 Å². The van der Waals surface area contributed by atoms with Gasteiger partial charge in [0.25, 0.3) is 0 Å². The Morgan fingerprint density at radius 1 is 1.46 bits per heavy atom.